The molecule has 1 unspecified atom stereocenters. The van der Waals surface area contributed by atoms with Crippen LogP contribution >= 0.6 is 0 Å². The molecule has 0 aliphatic carbocycles. The van der Waals surface area contributed by atoms with Gasteiger partial charge >= 0.3 is 0 Å². The van der Waals surface area contributed by atoms with Gasteiger partial charge in [-0.2, -0.15) is 5.10 Å². The SMILES string of the molecule is CN(c1ccc([N+](=O)[O-])cc1)C1CCCN(c2cccnn2)C1. The van der Waals surface area contributed by atoms with Crippen molar-refractivity contribution in [3.63, 3.8) is 0 Å². The summed E-state index contributed by atoms with van der Waals surface area (Å²) in [6.45, 7) is 1.84. The molecule has 0 spiro atoms. The lowest BCUT2D eigenvalue weighted by Crippen LogP contribution is -2.47. The molecule has 2 aromatic rings. The molecule has 1 aromatic heterocycles. The van der Waals surface area contributed by atoms with Crippen LogP contribution in [-0.4, -0.2) is 41.3 Å². The normalized spacial score (nSPS) is 17.8. The molecule has 120 valence electrons. The van der Waals surface area contributed by atoms with E-state index in [1.807, 2.05) is 19.2 Å². The Morgan fingerprint density at radius 2 is 2.09 bits per heavy atom. The second kappa shape index (κ2) is 6.60. The number of benzene rings is 1. The second-order valence-corrected chi connectivity index (χ2v) is 5.71. The molecule has 0 N–H and O–H groups in total. The van der Waals surface area contributed by atoms with Crippen LogP contribution in [0.15, 0.2) is 42.6 Å². The van der Waals surface area contributed by atoms with Crippen molar-refractivity contribution in [1.82, 2.24) is 10.2 Å². The lowest BCUT2D eigenvalue weighted by molar-refractivity contribution is -0.384. The summed E-state index contributed by atoms with van der Waals surface area (Å²) in [6.07, 6.45) is 3.84. The smallest absolute Gasteiger partial charge is 0.269 e. The van der Waals surface area contributed by atoms with E-state index in [1.54, 1.807) is 30.5 Å². The quantitative estimate of drug-likeness (QED) is 0.637. The molecule has 1 atom stereocenters. The fraction of sp³-hybridized carbons (Fsp3) is 0.375. The van der Waals surface area contributed by atoms with Gasteiger partial charge in [0.15, 0.2) is 5.82 Å². The average molecular weight is 313 g/mol. The number of anilines is 2. The summed E-state index contributed by atoms with van der Waals surface area (Å²) in [5, 5.41) is 18.9. The van der Waals surface area contributed by atoms with Crippen molar-refractivity contribution in [3.05, 3.63) is 52.7 Å². The second-order valence-electron chi connectivity index (χ2n) is 5.71. The van der Waals surface area contributed by atoms with Crippen LogP contribution in [-0.2, 0) is 0 Å². The molecule has 0 bridgehead atoms. The first-order valence-electron chi connectivity index (χ1n) is 7.65. The van der Waals surface area contributed by atoms with E-state index < -0.39 is 0 Å². The zero-order valence-corrected chi connectivity index (χ0v) is 13.0. The van der Waals surface area contributed by atoms with Crippen LogP contribution < -0.4 is 9.80 Å². The zero-order chi connectivity index (χ0) is 16.2. The first-order valence-corrected chi connectivity index (χ1v) is 7.65. The monoisotopic (exact) mass is 313 g/mol. The summed E-state index contributed by atoms with van der Waals surface area (Å²) in [5.74, 6) is 0.897. The van der Waals surface area contributed by atoms with E-state index in [0.29, 0.717) is 6.04 Å². The largest absolute Gasteiger partial charge is 0.370 e. The van der Waals surface area contributed by atoms with E-state index in [0.717, 1.165) is 37.4 Å². The number of rotatable bonds is 4. The Morgan fingerprint density at radius 1 is 1.30 bits per heavy atom. The van der Waals surface area contributed by atoms with E-state index in [9.17, 15) is 10.1 Å². The highest BCUT2D eigenvalue weighted by Gasteiger charge is 2.24. The topological polar surface area (TPSA) is 75.4 Å². The molecule has 2 heterocycles. The summed E-state index contributed by atoms with van der Waals surface area (Å²) >= 11 is 0. The van der Waals surface area contributed by atoms with Crippen LogP contribution in [0.2, 0.25) is 0 Å². The molecule has 23 heavy (non-hydrogen) atoms. The van der Waals surface area contributed by atoms with Gasteiger partial charge in [-0.3, -0.25) is 10.1 Å². The maximum Gasteiger partial charge on any atom is 0.269 e. The van der Waals surface area contributed by atoms with E-state index in [-0.39, 0.29) is 10.6 Å². The van der Waals surface area contributed by atoms with Crippen molar-refractivity contribution >= 4 is 17.2 Å². The molecule has 0 radical (unpaired) electrons. The van der Waals surface area contributed by atoms with E-state index in [1.165, 1.54) is 0 Å². The van der Waals surface area contributed by atoms with Crippen LogP contribution in [0.3, 0.4) is 0 Å². The minimum absolute atomic E-state index is 0.118. The lowest BCUT2D eigenvalue weighted by Gasteiger charge is -2.39. The standard InChI is InChI=1S/C16H19N5O2/c1-19(13-6-8-14(9-7-13)21(22)23)15-4-3-11-20(12-15)16-5-2-10-17-18-16/h2,5-10,15H,3-4,11-12H2,1H3. The lowest BCUT2D eigenvalue weighted by atomic mass is 10.0. The molecular formula is C16H19N5O2. The van der Waals surface area contributed by atoms with E-state index in [4.69, 9.17) is 0 Å². The summed E-state index contributed by atoms with van der Waals surface area (Å²) in [5.41, 5.74) is 1.11. The minimum Gasteiger partial charge on any atom is -0.370 e. The van der Waals surface area contributed by atoms with Crippen LogP contribution in [0.4, 0.5) is 17.2 Å². The molecular weight excluding hydrogens is 294 g/mol. The predicted octanol–water partition coefficient (Wildman–Crippen LogP) is 2.49. The van der Waals surface area contributed by atoms with Gasteiger partial charge in [0.2, 0.25) is 0 Å². The molecule has 3 rings (SSSR count). The van der Waals surface area contributed by atoms with E-state index in [2.05, 4.69) is 20.0 Å². The van der Waals surface area contributed by atoms with E-state index >= 15 is 0 Å². The van der Waals surface area contributed by atoms with Crippen molar-refractivity contribution in [2.45, 2.75) is 18.9 Å². The number of nitrogens with zero attached hydrogens (tertiary/aromatic N) is 5. The predicted molar refractivity (Wildman–Crippen MR) is 88.8 cm³/mol. The average Bonchev–Trinajstić information content (AvgIpc) is 2.62. The molecule has 1 aliphatic heterocycles. The zero-order valence-electron chi connectivity index (χ0n) is 13.0. The summed E-state index contributed by atoms with van der Waals surface area (Å²) in [6, 6.07) is 10.9. The third-order valence-electron chi connectivity index (χ3n) is 4.29. The van der Waals surface area contributed by atoms with Crippen molar-refractivity contribution in [3.8, 4) is 0 Å². The highest BCUT2D eigenvalue weighted by atomic mass is 16.6. The van der Waals surface area contributed by atoms with Gasteiger partial charge in [-0.25, -0.2) is 0 Å². The molecule has 1 saturated heterocycles. The van der Waals surface area contributed by atoms with Gasteiger partial charge in [0, 0.05) is 50.2 Å². The number of likely N-dealkylation sites (N-methyl/N-ethyl adjacent to an activating group) is 1. The van der Waals surface area contributed by atoms with Crippen LogP contribution in [0.1, 0.15) is 12.8 Å². The Kier molecular flexibility index (Phi) is 4.36. The molecule has 0 saturated carbocycles. The summed E-state index contributed by atoms with van der Waals surface area (Å²) < 4.78 is 0. The third kappa shape index (κ3) is 3.39. The van der Waals surface area contributed by atoms with Gasteiger partial charge in [0.1, 0.15) is 0 Å². The van der Waals surface area contributed by atoms with Crippen molar-refractivity contribution in [2.24, 2.45) is 0 Å². The number of aromatic nitrogens is 2. The first kappa shape index (κ1) is 15.2. The van der Waals surface area contributed by atoms with Gasteiger partial charge in [-0.15, -0.1) is 5.10 Å². The summed E-state index contributed by atoms with van der Waals surface area (Å²) in [4.78, 5) is 14.8. The van der Waals surface area contributed by atoms with Crippen LogP contribution in [0.25, 0.3) is 0 Å². The fourth-order valence-electron chi connectivity index (χ4n) is 2.96. The van der Waals surface area contributed by atoms with Gasteiger partial charge in [0.25, 0.3) is 5.69 Å². The first-order chi connectivity index (χ1) is 11.1. The Labute approximate surface area is 134 Å². The number of piperidine rings is 1. The molecule has 1 aromatic carbocycles. The Balaban J connectivity index is 1.71. The molecule has 7 heteroatoms. The van der Waals surface area contributed by atoms with Gasteiger partial charge < -0.3 is 9.80 Å². The maximum absolute atomic E-state index is 10.8. The molecule has 0 amide bonds. The number of hydrogen-bond acceptors (Lipinski definition) is 6. The van der Waals surface area contributed by atoms with Crippen molar-refractivity contribution in [1.29, 1.82) is 0 Å². The van der Waals surface area contributed by atoms with Crippen molar-refractivity contribution in [2.75, 3.05) is 29.9 Å². The van der Waals surface area contributed by atoms with Crippen LogP contribution in [0, 0.1) is 10.1 Å². The highest BCUT2D eigenvalue weighted by Crippen LogP contribution is 2.25. The Morgan fingerprint density at radius 3 is 2.74 bits per heavy atom. The Hall–Kier alpha value is -2.70. The highest BCUT2D eigenvalue weighted by molar-refractivity contribution is 5.52. The maximum atomic E-state index is 10.8. The third-order valence-corrected chi connectivity index (χ3v) is 4.29. The number of nitro benzene ring substituents is 1. The minimum atomic E-state index is -0.375. The molecule has 7 nitrogen and oxygen atoms in total. The number of hydrogen-bond donors (Lipinski definition) is 0. The molecule has 1 fully saturated rings. The Bertz CT molecular complexity index is 662. The summed E-state index contributed by atoms with van der Waals surface area (Å²) in [7, 11) is 2.03. The molecule has 1 aliphatic rings. The van der Waals surface area contributed by atoms with Gasteiger partial charge in [0.05, 0.1) is 4.92 Å². The van der Waals surface area contributed by atoms with Gasteiger partial charge in [-0.05, 0) is 37.1 Å². The fourth-order valence-corrected chi connectivity index (χ4v) is 2.96. The van der Waals surface area contributed by atoms with Crippen LogP contribution in [0.5, 0.6) is 0 Å². The van der Waals surface area contributed by atoms with Crippen molar-refractivity contribution < 1.29 is 4.92 Å². The number of nitro groups is 1. The van der Waals surface area contributed by atoms with Gasteiger partial charge in [-0.1, -0.05) is 0 Å². The number of non-ortho nitro benzene ring substituents is 1.